The molecule has 156 valence electrons. The molecule has 0 spiro atoms. The number of benzene rings is 1. The van der Waals surface area contributed by atoms with Gasteiger partial charge in [-0.3, -0.25) is 10.9 Å². The normalized spacial score (nSPS) is 24.1. The topological polar surface area (TPSA) is 71.5 Å². The molecule has 2 saturated heterocycles. The van der Waals surface area contributed by atoms with Crippen molar-refractivity contribution in [1.82, 2.24) is 20.8 Å². The first-order valence-electron chi connectivity index (χ1n) is 10.5. The number of hydrogen-bond donors (Lipinski definition) is 2. The average molecular weight is 398 g/mol. The van der Waals surface area contributed by atoms with Crippen molar-refractivity contribution in [3.63, 3.8) is 0 Å². The van der Waals surface area contributed by atoms with Crippen molar-refractivity contribution in [3.8, 4) is 11.5 Å². The van der Waals surface area contributed by atoms with Gasteiger partial charge in [0.2, 0.25) is 5.95 Å². The second kappa shape index (κ2) is 8.97. The monoisotopic (exact) mass is 397 g/mol. The van der Waals surface area contributed by atoms with E-state index >= 15 is 0 Å². The summed E-state index contributed by atoms with van der Waals surface area (Å²) in [6, 6.07) is 10.7. The number of nitrogens with one attached hydrogen (secondary N) is 2. The van der Waals surface area contributed by atoms with E-state index in [-0.39, 0.29) is 0 Å². The number of anilines is 1. The molecular weight excluding hydrogens is 366 g/mol. The largest absolute Gasteiger partial charge is 0.497 e. The van der Waals surface area contributed by atoms with Crippen LogP contribution in [0.25, 0.3) is 0 Å². The van der Waals surface area contributed by atoms with E-state index in [1.54, 1.807) is 7.11 Å². The zero-order valence-electron chi connectivity index (χ0n) is 17.5. The first-order valence-corrected chi connectivity index (χ1v) is 10.5. The Morgan fingerprint density at radius 3 is 2.52 bits per heavy atom. The minimum absolute atomic E-state index is 0.435. The Morgan fingerprint density at radius 1 is 1.07 bits per heavy atom. The van der Waals surface area contributed by atoms with Crippen LogP contribution in [0.4, 0.5) is 5.95 Å². The molecule has 0 bridgehead atoms. The molecule has 1 aromatic carbocycles. The third-order valence-electron chi connectivity index (χ3n) is 5.85. The summed E-state index contributed by atoms with van der Waals surface area (Å²) >= 11 is 0. The molecule has 3 heterocycles. The Bertz CT molecular complexity index is 793. The minimum Gasteiger partial charge on any atom is -0.497 e. The molecular formula is C22H31N5O2. The lowest BCUT2D eigenvalue weighted by molar-refractivity contribution is 0.289. The average Bonchev–Trinajstić information content (AvgIpc) is 3.37. The molecule has 0 saturated carbocycles. The van der Waals surface area contributed by atoms with E-state index in [1.807, 2.05) is 44.2 Å². The van der Waals surface area contributed by atoms with Gasteiger partial charge in [0.15, 0.2) is 0 Å². The number of aromatic nitrogens is 2. The van der Waals surface area contributed by atoms with E-state index in [0.29, 0.717) is 24.6 Å². The maximum Gasteiger partial charge on any atom is 0.225 e. The maximum absolute atomic E-state index is 5.88. The molecule has 7 heteroatoms. The zero-order valence-corrected chi connectivity index (χ0v) is 17.5. The van der Waals surface area contributed by atoms with Crippen LogP contribution in [0.5, 0.6) is 11.5 Å². The summed E-state index contributed by atoms with van der Waals surface area (Å²) in [6.07, 6.45) is 3.27. The molecule has 2 N–H and O–H groups in total. The van der Waals surface area contributed by atoms with Crippen molar-refractivity contribution < 1.29 is 9.47 Å². The van der Waals surface area contributed by atoms with Crippen molar-refractivity contribution in [3.05, 3.63) is 41.7 Å². The fourth-order valence-electron chi connectivity index (χ4n) is 4.29. The van der Waals surface area contributed by atoms with Crippen LogP contribution in [-0.2, 0) is 0 Å². The summed E-state index contributed by atoms with van der Waals surface area (Å²) in [5.41, 5.74) is 9.05. The number of hydrogen-bond acceptors (Lipinski definition) is 7. The molecule has 0 radical (unpaired) electrons. The summed E-state index contributed by atoms with van der Waals surface area (Å²) in [4.78, 5) is 11.6. The predicted molar refractivity (Wildman–Crippen MR) is 113 cm³/mol. The van der Waals surface area contributed by atoms with Crippen molar-refractivity contribution in [1.29, 1.82) is 0 Å². The van der Waals surface area contributed by atoms with E-state index in [0.717, 1.165) is 54.8 Å². The number of aryl methyl sites for hydroxylation is 2. The van der Waals surface area contributed by atoms with Gasteiger partial charge >= 0.3 is 0 Å². The van der Waals surface area contributed by atoms with Crippen LogP contribution in [-0.4, -0.2) is 48.9 Å². The first-order chi connectivity index (χ1) is 14.1. The van der Waals surface area contributed by atoms with Gasteiger partial charge in [0.25, 0.3) is 0 Å². The van der Waals surface area contributed by atoms with E-state index in [9.17, 15) is 0 Å². The van der Waals surface area contributed by atoms with Crippen molar-refractivity contribution in [2.75, 3.05) is 31.7 Å². The van der Waals surface area contributed by atoms with E-state index in [1.165, 1.54) is 6.42 Å². The quantitative estimate of drug-likeness (QED) is 0.744. The summed E-state index contributed by atoms with van der Waals surface area (Å²) in [5.74, 6) is 3.21. The van der Waals surface area contributed by atoms with Crippen LogP contribution in [0, 0.1) is 19.8 Å². The van der Waals surface area contributed by atoms with Crippen LogP contribution in [0.3, 0.4) is 0 Å². The van der Waals surface area contributed by atoms with E-state index < -0.39 is 0 Å². The second-order valence-corrected chi connectivity index (χ2v) is 8.09. The molecule has 2 aliphatic heterocycles. The van der Waals surface area contributed by atoms with Crippen LogP contribution >= 0.6 is 0 Å². The van der Waals surface area contributed by atoms with Crippen LogP contribution in [0.1, 0.15) is 30.7 Å². The van der Waals surface area contributed by atoms with Gasteiger partial charge in [-0.1, -0.05) is 0 Å². The highest BCUT2D eigenvalue weighted by Gasteiger charge is 2.35. The van der Waals surface area contributed by atoms with Crippen LogP contribution in [0.15, 0.2) is 30.3 Å². The Balaban J connectivity index is 1.22. The molecule has 1 aromatic heterocycles. The van der Waals surface area contributed by atoms with Gasteiger partial charge in [0.05, 0.1) is 13.7 Å². The first kappa shape index (κ1) is 19.9. The summed E-state index contributed by atoms with van der Waals surface area (Å²) < 4.78 is 11.1. The highest BCUT2D eigenvalue weighted by Crippen LogP contribution is 2.27. The van der Waals surface area contributed by atoms with Gasteiger partial charge in [0.1, 0.15) is 11.5 Å². The number of hydrazine groups is 1. The molecule has 2 aliphatic rings. The zero-order chi connectivity index (χ0) is 20.2. The predicted octanol–water partition coefficient (Wildman–Crippen LogP) is 2.63. The Hall–Kier alpha value is -2.38. The van der Waals surface area contributed by atoms with Gasteiger partial charge in [-0.25, -0.2) is 9.97 Å². The van der Waals surface area contributed by atoms with Gasteiger partial charge in [-0.2, -0.15) is 0 Å². The second-order valence-electron chi connectivity index (χ2n) is 8.09. The number of nitrogens with zero attached hydrogens (tertiary/aromatic N) is 3. The minimum atomic E-state index is 0.435. The molecule has 0 amide bonds. The van der Waals surface area contributed by atoms with E-state index in [2.05, 4.69) is 25.7 Å². The summed E-state index contributed by atoms with van der Waals surface area (Å²) in [7, 11) is 1.67. The van der Waals surface area contributed by atoms with Gasteiger partial charge in [-0.15, -0.1) is 0 Å². The highest BCUT2D eigenvalue weighted by atomic mass is 16.5. The molecule has 3 atom stereocenters. The molecule has 7 nitrogen and oxygen atoms in total. The smallest absolute Gasteiger partial charge is 0.225 e. The lowest BCUT2D eigenvalue weighted by atomic mass is 9.94. The molecule has 0 aliphatic carbocycles. The number of methoxy groups -OCH3 is 1. The van der Waals surface area contributed by atoms with Crippen molar-refractivity contribution in [2.45, 2.75) is 45.2 Å². The lowest BCUT2D eigenvalue weighted by Gasteiger charge is -2.20. The lowest BCUT2D eigenvalue weighted by Crippen LogP contribution is -2.38. The SMILES string of the molecule is COc1ccc(OCCC2CC(C3CCN(c4nc(C)cc(C)n4)C3)NN2)cc1. The van der Waals surface area contributed by atoms with Gasteiger partial charge in [-0.05, 0) is 69.4 Å². The number of rotatable bonds is 7. The molecule has 2 fully saturated rings. The Labute approximate surface area is 172 Å². The molecule has 29 heavy (non-hydrogen) atoms. The fourth-order valence-corrected chi connectivity index (χ4v) is 4.29. The standard InChI is InChI=1S/C22H31N5O2/c1-15-12-16(2)24-22(23-15)27-10-8-17(14-27)21-13-18(25-26-21)9-11-29-20-6-4-19(28-3)5-7-20/h4-7,12,17-18,21,25-26H,8-11,13-14H2,1-3H3. The fraction of sp³-hybridized carbons (Fsp3) is 0.545. The van der Waals surface area contributed by atoms with Crippen molar-refractivity contribution in [2.24, 2.45) is 5.92 Å². The molecule has 2 aromatic rings. The van der Waals surface area contributed by atoms with Gasteiger partial charge < -0.3 is 14.4 Å². The van der Waals surface area contributed by atoms with E-state index in [4.69, 9.17) is 9.47 Å². The summed E-state index contributed by atoms with van der Waals surface area (Å²) in [5, 5.41) is 0. The van der Waals surface area contributed by atoms with Gasteiger partial charge in [0, 0.05) is 36.6 Å². The maximum atomic E-state index is 5.88. The third kappa shape index (κ3) is 4.97. The Morgan fingerprint density at radius 2 is 1.79 bits per heavy atom. The third-order valence-corrected chi connectivity index (χ3v) is 5.85. The molecule has 3 unspecified atom stereocenters. The number of ether oxygens (including phenoxy) is 2. The van der Waals surface area contributed by atoms with Crippen molar-refractivity contribution >= 4 is 5.95 Å². The Kier molecular flexibility index (Phi) is 6.16. The highest BCUT2D eigenvalue weighted by molar-refractivity contribution is 5.34. The van der Waals surface area contributed by atoms with Crippen LogP contribution < -0.4 is 25.2 Å². The molecule has 4 rings (SSSR count). The summed E-state index contributed by atoms with van der Waals surface area (Å²) in [6.45, 7) is 6.81. The van der Waals surface area contributed by atoms with Crippen LogP contribution in [0.2, 0.25) is 0 Å².